The average Bonchev–Trinajstić information content (AvgIpc) is 2.47. The first-order chi connectivity index (χ1) is 9.55. The van der Waals surface area contributed by atoms with Gasteiger partial charge in [0.15, 0.2) is 0 Å². The van der Waals surface area contributed by atoms with Crippen molar-refractivity contribution in [2.75, 3.05) is 25.0 Å². The van der Waals surface area contributed by atoms with Gasteiger partial charge in [0.25, 0.3) is 0 Å². The normalized spacial score (nSPS) is 17.1. The molecule has 112 valence electrons. The summed E-state index contributed by atoms with van der Waals surface area (Å²) in [6, 6.07) is 1.63. The predicted octanol–water partition coefficient (Wildman–Crippen LogP) is 2.84. The Labute approximate surface area is 129 Å². The Balaban J connectivity index is 2.35. The van der Waals surface area contributed by atoms with E-state index in [0.717, 1.165) is 25.7 Å². The zero-order chi connectivity index (χ0) is 14.6. The molecule has 1 N–H and O–H groups in total. The van der Waals surface area contributed by atoms with Crippen LogP contribution in [0.4, 0.5) is 5.82 Å². The monoisotopic (exact) mass is 361 g/mol. The highest BCUT2D eigenvalue weighted by molar-refractivity contribution is 9.10. The quantitative estimate of drug-likeness (QED) is 0.875. The Morgan fingerprint density at radius 3 is 2.70 bits per heavy atom. The van der Waals surface area contributed by atoms with Crippen molar-refractivity contribution in [3.8, 4) is 0 Å². The lowest BCUT2D eigenvalue weighted by molar-refractivity contribution is 0.346. The minimum absolute atomic E-state index is 0.266. The zero-order valence-electron chi connectivity index (χ0n) is 11.6. The largest absolute Gasteiger partial charge is 0.369 e. The Morgan fingerprint density at radius 1 is 1.35 bits per heavy atom. The van der Waals surface area contributed by atoms with Crippen molar-refractivity contribution in [2.24, 2.45) is 0 Å². The molecule has 0 bridgehead atoms. The number of anilines is 1. The molecule has 0 saturated carbocycles. The van der Waals surface area contributed by atoms with E-state index >= 15 is 0 Å². The van der Waals surface area contributed by atoms with Crippen molar-refractivity contribution in [1.29, 1.82) is 0 Å². The number of hydrogen-bond donors (Lipinski definition) is 1. The molecule has 0 amide bonds. The fraction of sp³-hybridized carbons (Fsp3) is 0.615. The third kappa shape index (κ3) is 3.51. The summed E-state index contributed by atoms with van der Waals surface area (Å²) in [5.74, 6) is 0.445. The predicted molar refractivity (Wildman–Crippen MR) is 83.3 cm³/mol. The van der Waals surface area contributed by atoms with E-state index in [4.69, 9.17) is 0 Å². The highest BCUT2D eigenvalue weighted by Crippen LogP contribution is 2.27. The van der Waals surface area contributed by atoms with Crippen LogP contribution in [0.5, 0.6) is 0 Å². The maximum Gasteiger partial charge on any atom is 0.246 e. The molecule has 0 radical (unpaired) electrons. The van der Waals surface area contributed by atoms with Gasteiger partial charge in [-0.1, -0.05) is 13.3 Å². The van der Waals surface area contributed by atoms with E-state index in [2.05, 4.69) is 26.2 Å². The summed E-state index contributed by atoms with van der Waals surface area (Å²) in [4.78, 5) is 4.48. The first-order valence-corrected chi connectivity index (χ1v) is 9.18. The van der Waals surface area contributed by atoms with Crippen LogP contribution in [-0.4, -0.2) is 37.3 Å². The van der Waals surface area contributed by atoms with Crippen LogP contribution in [-0.2, 0) is 10.0 Å². The number of halogens is 1. The summed E-state index contributed by atoms with van der Waals surface area (Å²) in [6.45, 7) is 3.94. The average molecular weight is 362 g/mol. The van der Waals surface area contributed by atoms with Crippen LogP contribution in [0, 0.1) is 0 Å². The number of aromatic nitrogens is 1. The van der Waals surface area contributed by atoms with E-state index in [0.29, 0.717) is 29.9 Å². The summed E-state index contributed by atoms with van der Waals surface area (Å²) in [5.41, 5.74) is 0. The van der Waals surface area contributed by atoms with Gasteiger partial charge in [-0.3, -0.25) is 0 Å². The second kappa shape index (κ2) is 6.87. The molecule has 2 rings (SSSR count). The van der Waals surface area contributed by atoms with Crippen LogP contribution in [0.2, 0.25) is 0 Å². The number of nitrogens with one attached hydrogen (secondary N) is 1. The molecule has 0 unspecified atom stereocenters. The van der Waals surface area contributed by atoms with Crippen molar-refractivity contribution < 1.29 is 8.42 Å². The second-order valence-electron chi connectivity index (χ2n) is 4.89. The van der Waals surface area contributed by atoms with Gasteiger partial charge in [0.2, 0.25) is 10.0 Å². The molecule has 1 aromatic heterocycles. The van der Waals surface area contributed by atoms with Crippen molar-refractivity contribution >= 4 is 31.8 Å². The first kappa shape index (κ1) is 15.7. The standard InChI is InChI=1S/C13H20BrN3O2S/c1-2-6-15-13-12(9-11(14)10-16-13)20(18,19)17-7-4-3-5-8-17/h9-10H,2-8H2,1H3,(H,15,16). The van der Waals surface area contributed by atoms with Crippen molar-refractivity contribution in [1.82, 2.24) is 9.29 Å². The Hall–Kier alpha value is -0.660. The summed E-state index contributed by atoms with van der Waals surface area (Å²) in [5, 5.41) is 3.10. The molecule has 1 aliphatic heterocycles. The molecule has 2 heterocycles. The van der Waals surface area contributed by atoms with Crippen LogP contribution < -0.4 is 5.32 Å². The van der Waals surface area contributed by atoms with Crippen molar-refractivity contribution in [3.05, 3.63) is 16.7 Å². The Morgan fingerprint density at radius 2 is 2.05 bits per heavy atom. The highest BCUT2D eigenvalue weighted by atomic mass is 79.9. The molecule has 1 aliphatic rings. The molecular weight excluding hydrogens is 342 g/mol. The Kier molecular flexibility index (Phi) is 5.40. The maximum atomic E-state index is 12.7. The van der Waals surface area contributed by atoms with E-state index in [1.54, 1.807) is 16.6 Å². The van der Waals surface area contributed by atoms with Crippen LogP contribution in [0.25, 0.3) is 0 Å². The molecule has 0 spiro atoms. The molecule has 0 atom stereocenters. The fourth-order valence-corrected chi connectivity index (χ4v) is 4.38. The van der Waals surface area contributed by atoms with Crippen LogP contribution in [0.15, 0.2) is 21.6 Å². The summed E-state index contributed by atoms with van der Waals surface area (Å²) in [7, 11) is -3.47. The van der Waals surface area contributed by atoms with Gasteiger partial charge < -0.3 is 5.32 Å². The molecule has 1 fully saturated rings. The number of sulfonamides is 1. The zero-order valence-corrected chi connectivity index (χ0v) is 14.0. The van der Waals surface area contributed by atoms with E-state index in [1.807, 2.05) is 6.92 Å². The molecule has 1 aromatic rings. The SMILES string of the molecule is CCCNc1ncc(Br)cc1S(=O)(=O)N1CCCCC1. The van der Waals surface area contributed by atoms with Gasteiger partial charge >= 0.3 is 0 Å². The molecular formula is C13H20BrN3O2S. The van der Waals surface area contributed by atoms with Gasteiger partial charge in [-0.05, 0) is 41.3 Å². The summed E-state index contributed by atoms with van der Waals surface area (Å²) < 4.78 is 27.7. The van der Waals surface area contributed by atoms with Gasteiger partial charge in [0.05, 0.1) is 0 Å². The van der Waals surface area contributed by atoms with E-state index in [9.17, 15) is 8.42 Å². The lowest BCUT2D eigenvalue weighted by atomic mass is 10.2. The second-order valence-corrected chi connectivity index (χ2v) is 7.71. The topological polar surface area (TPSA) is 62.3 Å². The van der Waals surface area contributed by atoms with Crippen LogP contribution >= 0.6 is 15.9 Å². The van der Waals surface area contributed by atoms with E-state index in [-0.39, 0.29) is 4.90 Å². The molecule has 0 aromatic carbocycles. The fourth-order valence-electron chi connectivity index (χ4n) is 2.24. The number of piperidine rings is 1. The molecule has 7 heteroatoms. The van der Waals surface area contributed by atoms with E-state index < -0.39 is 10.0 Å². The third-order valence-electron chi connectivity index (χ3n) is 3.29. The number of pyridine rings is 1. The van der Waals surface area contributed by atoms with Gasteiger partial charge in [-0.25, -0.2) is 13.4 Å². The minimum Gasteiger partial charge on any atom is -0.369 e. The molecule has 5 nitrogen and oxygen atoms in total. The minimum atomic E-state index is -3.47. The van der Waals surface area contributed by atoms with Gasteiger partial charge in [-0.15, -0.1) is 0 Å². The van der Waals surface area contributed by atoms with E-state index in [1.165, 1.54) is 0 Å². The maximum absolute atomic E-state index is 12.7. The van der Waals surface area contributed by atoms with Gasteiger partial charge in [-0.2, -0.15) is 4.31 Å². The number of rotatable bonds is 5. The molecule has 20 heavy (non-hydrogen) atoms. The molecule has 0 aliphatic carbocycles. The van der Waals surface area contributed by atoms with Crippen molar-refractivity contribution in [2.45, 2.75) is 37.5 Å². The number of nitrogens with zero attached hydrogens (tertiary/aromatic N) is 2. The smallest absolute Gasteiger partial charge is 0.246 e. The molecule has 1 saturated heterocycles. The Bertz CT molecular complexity index is 557. The van der Waals surface area contributed by atoms with Crippen LogP contribution in [0.1, 0.15) is 32.6 Å². The van der Waals surface area contributed by atoms with Gasteiger partial charge in [0, 0.05) is 30.3 Å². The van der Waals surface area contributed by atoms with Gasteiger partial charge in [0.1, 0.15) is 10.7 Å². The lowest BCUT2D eigenvalue weighted by Crippen LogP contribution is -2.36. The highest BCUT2D eigenvalue weighted by Gasteiger charge is 2.29. The lowest BCUT2D eigenvalue weighted by Gasteiger charge is -2.26. The summed E-state index contributed by atoms with van der Waals surface area (Å²) >= 11 is 3.31. The third-order valence-corrected chi connectivity index (χ3v) is 5.64. The van der Waals surface area contributed by atoms with Crippen molar-refractivity contribution in [3.63, 3.8) is 0 Å². The number of hydrogen-bond acceptors (Lipinski definition) is 4. The van der Waals surface area contributed by atoms with Crippen LogP contribution in [0.3, 0.4) is 0 Å². The first-order valence-electron chi connectivity index (χ1n) is 6.95. The summed E-state index contributed by atoms with van der Waals surface area (Å²) in [6.07, 6.45) is 5.49.